The van der Waals surface area contributed by atoms with Gasteiger partial charge in [-0.3, -0.25) is 4.79 Å². The third-order valence-corrected chi connectivity index (χ3v) is 3.23. The molecule has 0 spiro atoms. The van der Waals surface area contributed by atoms with E-state index in [0.717, 1.165) is 19.2 Å². The van der Waals surface area contributed by atoms with Gasteiger partial charge in [0.15, 0.2) is 11.3 Å². The molecule has 110 valence electrons. The Bertz CT molecular complexity index is 737. The molecule has 2 aromatic rings. The van der Waals surface area contributed by atoms with Crippen LogP contribution in [0.25, 0.3) is 5.65 Å². The summed E-state index contributed by atoms with van der Waals surface area (Å²) in [6.45, 7) is 2.71. The van der Waals surface area contributed by atoms with Crippen molar-refractivity contribution in [2.45, 2.75) is 0 Å². The number of esters is 1. The Morgan fingerprint density at radius 2 is 2.10 bits per heavy atom. The predicted octanol–water partition coefficient (Wildman–Crippen LogP) is -0.287. The number of hydrogen-bond acceptors (Lipinski definition) is 7. The zero-order chi connectivity index (χ0) is 14.8. The van der Waals surface area contributed by atoms with Crippen molar-refractivity contribution in [1.82, 2.24) is 14.6 Å². The molecule has 0 unspecified atom stereocenters. The van der Waals surface area contributed by atoms with E-state index in [2.05, 4.69) is 14.8 Å². The summed E-state index contributed by atoms with van der Waals surface area (Å²) in [6.07, 6.45) is 0. The highest BCUT2D eigenvalue weighted by Crippen LogP contribution is 2.12. The number of morpholine rings is 1. The third kappa shape index (κ3) is 2.57. The number of carbonyl (C=O) groups is 1. The zero-order valence-corrected chi connectivity index (χ0v) is 11.5. The summed E-state index contributed by atoms with van der Waals surface area (Å²) in [5, 5.41) is 4.28. The van der Waals surface area contributed by atoms with E-state index >= 15 is 0 Å². The van der Waals surface area contributed by atoms with Gasteiger partial charge in [0.1, 0.15) is 5.82 Å². The maximum Gasteiger partial charge on any atom is 0.356 e. The van der Waals surface area contributed by atoms with Crippen LogP contribution in [0.4, 0.5) is 5.82 Å². The Labute approximate surface area is 119 Å². The van der Waals surface area contributed by atoms with Crippen LogP contribution in [0, 0.1) is 0 Å². The minimum Gasteiger partial charge on any atom is -0.464 e. The van der Waals surface area contributed by atoms with Gasteiger partial charge in [-0.25, -0.2) is 9.78 Å². The predicted molar refractivity (Wildman–Crippen MR) is 73.6 cm³/mol. The molecule has 3 heterocycles. The van der Waals surface area contributed by atoms with Crippen LogP contribution in [-0.4, -0.2) is 54.0 Å². The van der Waals surface area contributed by atoms with Crippen LogP contribution in [0.1, 0.15) is 10.5 Å². The Balaban J connectivity index is 2.04. The van der Waals surface area contributed by atoms with Crippen molar-refractivity contribution < 1.29 is 14.3 Å². The van der Waals surface area contributed by atoms with E-state index in [1.165, 1.54) is 11.6 Å². The van der Waals surface area contributed by atoms with Crippen molar-refractivity contribution in [3.63, 3.8) is 0 Å². The van der Waals surface area contributed by atoms with E-state index in [-0.39, 0.29) is 5.69 Å². The van der Waals surface area contributed by atoms with Gasteiger partial charge in [-0.1, -0.05) is 0 Å². The summed E-state index contributed by atoms with van der Waals surface area (Å²) in [4.78, 5) is 29.6. The van der Waals surface area contributed by atoms with Crippen LogP contribution in [0.3, 0.4) is 0 Å². The molecule has 0 radical (unpaired) electrons. The number of nitrogens with zero attached hydrogens (tertiary/aromatic N) is 4. The number of methoxy groups -OCH3 is 1. The van der Waals surface area contributed by atoms with Gasteiger partial charge in [0, 0.05) is 19.2 Å². The van der Waals surface area contributed by atoms with E-state index in [0.29, 0.717) is 24.7 Å². The number of anilines is 1. The minimum absolute atomic E-state index is 0.0246. The smallest absolute Gasteiger partial charge is 0.356 e. The van der Waals surface area contributed by atoms with Gasteiger partial charge in [-0.15, -0.1) is 5.10 Å². The van der Waals surface area contributed by atoms with Crippen molar-refractivity contribution in [2.24, 2.45) is 0 Å². The van der Waals surface area contributed by atoms with Crippen molar-refractivity contribution in [1.29, 1.82) is 0 Å². The summed E-state index contributed by atoms with van der Waals surface area (Å²) < 4.78 is 11.0. The van der Waals surface area contributed by atoms with E-state index in [1.807, 2.05) is 4.90 Å². The fraction of sp³-hybridized carbons (Fsp3) is 0.385. The summed E-state index contributed by atoms with van der Waals surface area (Å²) in [6, 6.07) is 4.55. The van der Waals surface area contributed by atoms with E-state index in [4.69, 9.17) is 4.74 Å². The van der Waals surface area contributed by atoms with E-state index < -0.39 is 11.5 Å². The summed E-state index contributed by atoms with van der Waals surface area (Å²) in [5.74, 6) is 0.0346. The molecule has 0 aromatic carbocycles. The quantitative estimate of drug-likeness (QED) is 0.703. The lowest BCUT2D eigenvalue weighted by Crippen LogP contribution is -2.37. The number of aromatic nitrogens is 3. The second kappa shape index (κ2) is 5.49. The molecule has 1 aliphatic heterocycles. The summed E-state index contributed by atoms with van der Waals surface area (Å²) in [5.41, 5.74) is -0.140. The molecule has 1 aliphatic rings. The third-order valence-electron chi connectivity index (χ3n) is 3.23. The van der Waals surface area contributed by atoms with Crippen molar-refractivity contribution in [3.8, 4) is 0 Å². The monoisotopic (exact) mass is 290 g/mol. The second-order valence-electron chi connectivity index (χ2n) is 4.53. The standard InChI is InChI=1S/C13H14N4O4/c1-20-13(19)9-8-12(18)17-10(14-9)2-3-11(15-17)16-4-6-21-7-5-16/h2-3,8H,4-7H2,1H3. The molecule has 8 nitrogen and oxygen atoms in total. The number of hydrogen-bond donors (Lipinski definition) is 0. The van der Waals surface area contributed by atoms with Crippen molar-refractivity contribution >= 4 is 17.4 Å². The normalized spacial score (nSPS) is 15.2. The first kappa shape index (κ1) is 13.5. The highest BCUT2D eigenvalue weighted by molar-refractivity contribution is 5.87. The largest absolute Gasteiger partial charge is 0.464 e. The van der Waals surface area contributed by atoms with E-state index in [9.17, 15) is 9.59 Å². The number of carbonyl (C=O) groups excluding carboxylic acids is 1. The molecule has 0 aliphatic carbocycles. The SMILES string of the molecule is COC(=O)c1cc(=O)n2nc(N3CCOCC3)ccc2n1. The lowest BCUT2D eigenvalue weighted by atomic mass is 10.3. The van der Waals surface area contributed by atoms with E-state index in [1.54, 1.807) is 12.1 Å². The minimum atomic E-state index is -0.646. The fourth-order valence-corrected chi connectivity index (χ4v) is 2.16. The molecule has 0 atom stereocenters. The first-order chi connectivity index (χ1) is 10.2. The first-order valence-electron chi connectivity index (χ1n) is 6.51. The van der Waals surface area contributed by atoms with Gasteiger partial charge in [-0.05, 0) is 12.1 Å². The lowest BCUT2D eigenvalue weighted by Gasteiger charge is -2.27. The van der Waals surface area contributed by atoms with Gasteiger partial charge < -0.3 is 14.4 Å². The lowest BCUT2D eigenvalue weighted by molar-refractivity contribution is 0.0594. The molecule has 0 N–H and O–H groups in total. The molecule has 0 bridgehead atoms. The molecule has 0 amide bonds. The molecular formula is C13H14N4O4. The molecule has 2 aromatic heterocycles. The van der Waals surface area contributed by atoms with Crippen LogP contribution in [0.2, 0.25) is 0 Å². The molecular weight excluding hydrogens is 276 g/mol. The summed E-state index contributed by atoms with van der Waals surface area (Å²) in [7, 11) is 1.24. The molecule has 1 saturated heterocycles. The van der Waals surface area contributed by atoms with Crippen molar-refractivity contribution in [2.75, 3.05) is 38.3 Å². The van der Waals surface area contributed by atoms with Gasteiger partial charge in [0.25, 0.3) is 5.56 Å². The van der Waals surface area contributed by atoms with Gasteiger partial charge in [0.2, 0.25) is 0 Å². The first-order valence-corrected chi connectivity index (χ1v) is 6.51. The topological polar surface area (TPSA) is 86.0 Å². The van der Waals surface area contributed by atoms with Gasteiger partial charge in [0.05, 0.1) is 20.3 Å². The van der Waals surface area contributed by atoms with Crippen LogP contribution < -0.4 is 10.5 Å². The number of ether oxygens (including phenoxy) is 2. The highest BCUT2D eigenvalue weighted by Gasteiger charge is 2.15. The second-order valence-corrected chi connectivity index (χ2v) is 4.53. The van der Waals surface area contributed by atoms with Gasteiger partial charge in [-0.2, -0.15) is 4.52 Å². The van der Waals surface area contributed by atoms with Gasteiger partial charge >= 0.3 is 5.97 Å². The highest BCUT2D eigenvalue weighted by atomic mass is 16.5. The van der Waals surface area contributed by atoms with Crippen LogP contribution in [0.15, 0.2) is 23.0 Å². The van der Waals surface area contributed by atoms with Crippen molar-refractivity contribution in [3.05, 3.63) is 34.2 Å². The number of fused-ring (bicyclic) bond motifs is 1. The molecule has 3 rings (SSSR count). The summed E-state index contributed by atoms with van der Waals surface area (Å²) >= 11 is 0. The zero-order valence-electron chi connectivity index (χ0n) is 11.5. The Hall–Kier alpha value is -2.48. The Morgan fingerprint density at radius 1 is 1.33 bits per heavy atom. The molecule has 8 heteroatoms. The fourth-order valence-electron chi connectivity index (χ4n) is 2.16. The molecule has 21 heavy (non-hydrogen) atoms. The average Bonchev–Trinajstić information content (AvgIpc) is 2.54. The Morgan fingerprint density at radius 3 is 2.81 bits per heavy atom. The molecule has 1 fully saturated rings. The maximum absolute atomic E-state index is 12.1. The van der Waals surface area contributed by atoms with Crippen LogP contribution >= 0.6 is 0 Å². The number of rotatable bonds is 2. The van der Waals surface area contributed by atoms with Crippen LogP contribution in [-0.2, 0) is 9.47 Å². The van der Waals surface area contributed by atoms with Crippen LogP contribution in [0.5, 0.6) is 0 Å². The Kier molecular flexibility index (Phi) is 3.53. The molecule has 0 saturated carbocycles. The average molecular weight is 290 g/mol. The maximum atomic E-state index is 12.1.